The Balaban J connectivity index is 1.88. The summed E-state index contributed by atoms with van der Waals surface area (Å²) in [6.07, 6.45) is -3.28. The quantitative estimate of drug-likeness (QED) is 0.679. The van der Waals surface area contributed by atoms with Crippen molar-refractivity contribution in [2.45, 2.75) is 19.0 Å². The number of carbonyl (C=O) groups excluding carboxylic acids is 2. The van der Waals surface area contributed by atoms with Gasteiger partial charge in [-0.3, -0.25) is 9.59 Å². The lowest BCUT2D eigenvalue weighted by atomic mass is 10.1. The highest BCUT2D eigenvalue weighted by Gasteiger charge is 2.35. The Hall–Kier alpha value is -2.25. The van der Waals surface area contributed by atoms with Crippen LogP contribution in [0.1, 0.15) is 28.8 Å². The van der Waals surface area contributed by atoms with Crippen molar-refractivity contribution >= 4 is 46.4 Å². The monoisotopic (exact) mass is 416 g/mol. The third kappa shape index (κ3) is 4.54. The van der Waals surface area contributed by atoms with Crippen LogP contribution in [0.2, 0.25) is 10.0 Å². The number of hydrogen-bond acceptors (Lipinski definition) is 2. The van der Waals surface area contributed by atoms with Gasteiger partial charge in [-0.05, 0) is 43.2 Å². The molecule has 4 nitrogen and oxygen atoms in total. The molecule has 9 heteroatoms. The van der Waals surface area contributed by atoms with Crippen LogP contribution in [0.3, 0.4) is 0 Å². The summed E-state index contributed by atoms with van der Waals surface area (Å²) in [4.78, 5) is 24.1. The van der Waals surface area contributed by atoms with Gasteiger partial charge in [0.25, 0.3) is 5.91 Å². The van der Waals surface area contributed by atoms with Crippen molar-refractivity contribution in [3.8, 4) is 0 Å². The van der Waals surface area contributed by atoms with Crippen LogP contribution in [-0.2, 0) is 11.0 Å². The fraction of sp³-hybridized carbons (Fsp3) is 0.222. The zero-order chi connectivity index (χ0) is 19.8. The van der Waals surface area contributed by atoms with Crippen LogP contribution in [0.25, 0.3) is 0 Å². The minimum atomic E-state index is -4.74. The van der Waals surface area contributed by atoms with Crippen LogP contribution in [-0.4, -0.2) is 11.8 Å². The van der Waals surface area contributed by atoms with E-state index < -0.39 is 23.3 Å². The van der Waals surface area contributed by atoms with E-state index in [1.165, 1.54) is 24.3 Å². The van der Waals surface area contributed by atoms with E-state index in [-0.39, 0.29) is 33.1 Å². The minimum absolute atomic E-state index is 0.0120. The highest BCUT2D eigenvalue weighted by Crippen LogP contribution is 2.38. The number of benzene rings is 2. The van der Waals surface area contributed by atoms with Crippen molar-refractivity contribution in [2.75, 3.05) is 10.6 Å². The van der Waals surface area contributed by atoms with Gasteiger partial charge >= 0.3 is 6.18 Å². The average molecular weight is 417 g/mol. The Morgan fingerprint density at radius 3 is 2.37 bits per heavy atom. The molecule has 0 atom stereocenters. The molecule has 0 unspecified atom stereocenters. The van der Waals surface area contributed by atoms with Crippen LogP contribution in [0, 0.1) is 5.92 Å². The third-order valence-electron chi connectivity index (χ3n) is 3.99. The van der Waals surface area contributed by atoms with Gasteiger partial charge in [0, 0.05) is 11.6 Å². The van der Waals surface area contributed by atoms with Crippen LogP contribution >= 0.6 is 23.2 Å². The molecule has 0 saturated heterocycles. The lowest BCUT2D eigenvalue weighted by Crippen LogP contribution is -2.18. The molecule has 0 radical (unpaired) electrons. The molecule has 1 fully saturated rings. The maximum Gasteiger partial charge on any atom is 0.418 e. The number of hydrogen-bond donors (Lipinski definition) is 2. The van der Waals surface area contributed by atoms with Crippen LogP contribution in [0.4, 0.5) is 24.5 Å². The molecule has 2 aromatic rings. The predicted octanol–water partition coefficient (Wildman–Crippen LogP) is 5.61. The van der Waals surface area contributed by atoms with E-state index >= 15 is 0 Å². The van der Waals surface area contributed by atoms with Gasteiger partial charge in [0.1, 0.15) is 0 Å². The highest BCUT2D eigenvalue weighted by atomic mass is 35.5. The maximum atomic E-state index is 13.4. The van der Waals surface area contributed by atoms with Gasteiger partial charge in [0.05, 0.1) is 26.9 Å². The molecule has 0 bridgehead atoms. The largest absolute Gasteiger partial charge is 0.418 e. The zero-order valence-corrected chi connectivity index (χ0v) is 15.2. The van der Waals surface area contributed by atoms with Crippen molar-refractivity contribution in [3.63, 3.8) is 0 Å². The standard InChI is InChI=1S/C18H13Cl2F3N2O2/c19-13-3-1-2-11(15(13)20)17(27)25-14-7-6-10(8-12(14)18(21,22)23)24-16(26)9-4-5-9/h1-3,6-9H,4-5H2,(H,24,26)(H,25,27). The number of rotatable bonds is 4. The van der Waals surface area contributed by atoms with Gasteiger partial charge in [-0.1, -0.05) is 29.3 Å². The Kier molecular flexibility index (Phi) is 5.35. The molecule has 0 aromatic heterocycles. The molecule has 1 saturated carbocycles. The topological polar surface area (TPSA) is 58.2 Å². The van der Waals surface area contributed by atoms with E-state index in [0.717, 1.165) is 25.0 Å². The summed E-state index contributed by atoms with van der Waals surface area (Å²) >= 11 is 11.8. The van der Waals surface area contributed by atoms with E-state index in [4.69, 9.17) is 23.2 Å². The highest BCUT2D eigenvalue weighted by molar-refractivity contribution is 6.44. The van der Waals surface area contributed by atoms with Gasteiger partial charge in [0.15, 0.2) is 0 Å². The minimum Gasteiger partial charge on any atom is -0.326 e. The second-order valence-electron chi connectivity index (χ2n) is 6.08. The summed E-state index contributed by atoms with van der Waals surface area (Å²) in [5.41, 5.74) is -1.57. The van der Waals surface area contributed by atoms with E-state index in [1.54, 1.807) is 0 Å². The molecule has 3 rings (SSSR count). The summed E-state index contributed by atoms with van der Waals surface area (Å²) in [5.74, 6) is -1.29. The molecule has 142 valence electrons. The number of halogens is 5. The molecular weight excluding hydrogens is 404 g/mol. The Morgan fingerprint density at radius 1 is 1.04 bits per heavy atom. The number of nitrogens with one attached hydrogen (secondary N) is 2. The summed E-state index contributed by atoms with van der Waals surface area (Å²) in [6, 6.07) is 7.44. The van der Waals surface area contributed by atoms with Crippen molar-refractivity contribution in [3.05, 3.63) is 57.6 Å². The molecule has 2 amide bonds. The molecule has 1 aliphatic carbocycles. The SMILES string of the molecule is O=C(Nc1ccc(NC(=O)C2CC2)cc1C(F)(F)F)c1cccc(Cl)c1Cl. The zero-order valence-electron chi connectivity index (χ0n) is 13.7. The van der Waals surface area contributed by atoms with Crippen molar-refractivity contribution in [1.82, 2.24) is 0 Å². The number of alkyl halides is 3. The fourth-order valence-electron chi connectivity index (χ4n) is 2.42. The smallest absolute Gasteiger partial charge is 0.326 e. The van der Waals surface area contributed by atoms with Crippen molar-refractivity contribution in [1.29, 1.82) is 0 Å². The lowest BCUT2D eigenvalue weighted by Gasteiger charge is -2.16. The predicted molar refractivity (Wildman–Crippen MR) is 97.2 cm³/mol. The first-order chi connectivity index (χ1) is 12.7. The molecule has 27 heavy (non-hydrogen) atoms. The maximum absolute atomic E-state index is 13.4. The number of carbonyl (C=O) groups is 2. The summed E-state index contributed by atoms with van der Waals surface area (Å²) < 4.78 is 40.3. The van der Waals surface area contributed by atoms with Crippen LogP contribution in [0.5, 0.6) is 0 Å². The first kappa shape index (κ1) is 19.5. The second-order valence-corrected chi connectivity index (χ2v) is 6.86. The summed E-state index contributed by atoms with van der Waals surface area (Å²) in [6.45, 7) is 0. The molecule has 0 aliphatic heterocycles. The molecular formula is C18H13Cl2F3N2O2. The molecule has 0 heterocycles. The van der Waals surface area contributed by atoms with E-state index in [1.807, 2.05) is 0 Å². The first-order valence-electron chi connectivity index (χ1n) is 7.94. The van der Waals surface area contributed by atoms with Crippen molar-refractivity contribution < 1.29 is 22.8 Å². The Labute approximate surface area is 162 Å². The third-order valence-corrected chi connectivity index (χ3v) is 4.80. The summed E-state index contributed by atoms with van der Waals surface area (Å²) in [7, 11) is 0. The number of anilines is 2. The van der Waals surface area contributed by atoms with Gasteiger partial charge in [0.2, 0.25) is 5.91 Å². The van der Waals surface area contributed by atoms with E-state index in [9.17, 15) is 22.8 Å². The normalized spacial score (nSPS) is 14.0. The van der Waals surface area contributed by atoms with Gasteiger partial charge in [-0.15, -0.1) is 0 Å². The number of amides is 2. The molecule has 2 N–H and O–H groups in total. The lowest BCUT2D eigenvalue weighted by molar-refractivity contribution is -0.137. The second kappa shape index (κ2) is 7.40. The first-order valence-corrected chi connectivity index (χ1v) is 8.70. The van der Waals surface area contributed by atoms with Crippen LogP contribution < -0.4 is 10.6 Å². The Morgan fingerprint density at radius 2 is 1.74 bits per heavy atom. The van der Waals surface area contributed by atoms with E-state index in [0.29, 0.717) is 0 Å². The Bertz CT molecular complexity index is 912. The van der Waals surface area contributed by atoms with E-state index in [2.05, 4.69) is 10.6 Å². The van der Waals surface area contributed by atoms with Gasteiger partial charge < -0.3 is 10.6 Å². The van der Waals surface area contributed by atoms with Crippen LogP contribution in [0.15, 0.2) is 36.4 Å². The molecule has 1 aliphatic rings. The van der Waals surface area contributed by atoms with Gasteiger partial charge in [-0.2, -0.15) is 13.2 Å². The summed E-state index contributed by atoms with van der Waals surface area (Å²) in [5, 5.41) is 4.71. The van der Waals surface area contributed by atoms with Gasteiger partial charge in [-0.25, -0.2) is 0 Å². The average Bonchev–Trinajstić information content (AvgIpc) is 3.42. The molecule has 0 spiro atoms. The fourth-order valence-corrected chi connectivity index (χ4v) is 2.81. The molecule has 2 aromatic carbocycles. The van der Waals surface area contributed by atoms with Crippen molar-refractivity contribution in [2.24, 2.45) is 5.92 Å².